The van der Waals surface area contributed by atoms with Crippen molar-refractivity contribution in [1.82, 2.24) is 5.32 Å². The van der Waals surface area contributed by atoms with Crippen molar-refractivity contribution in [2.45, 2.75) is 43.7 Å². The molecule has 0 aliphatic carbocycles. The van der Waals surface area contributed by atoms with Crippen molar-refractivity contribution >= 4 is 0 Å². The van der Waals surface area contributed by atoms with Gasteiger partial charge < -0.3 is 10.1 Å². The molecule has 2 fully saturated rings. The summed E-state index contributed by atoms with van der Waals surface area (Å²) in [4.78, 5) is 0. The number of piperidine rings is 1. The number of hydrogen-bond acceptors (Lipinski definition) is 2. The lowest BCUT2D eigenvalue weighted by Gasteiger charge is -2.30. The molecule has 0 radical (unpaired) electrons. The molecule has 0 aromatic heterocycles. The SMILES string of the molecule is COc1ccccc1C1C[C@H]2CC[C@@H](C1)N2. The van der Waals surface area contributed by atoms with Crippen molar-refractivity contribution in [3.8, 4) is 5.75 Å². The Labute approximate surface area is 97.0 Å². The standard InChI is InChI=1S/C14H19NO/c1-16-14-5-3-2-4-13(14)10-8-11-6-7-12(9-10)15-11/h2-5,10-12,15H,6-9H2,1H3/t10?,11-,12+. The second-order valence-electron chi connectivity index (χ2n) is 5.05. The lowest BCUT2D eigenvalue weighted by atomic mass is 9.86. The summed E-state index contributed by atoms with van der Waals surface area (Å²) in [6.45, 7) is 0. The van der Waals surface area contributed by atoms with Crippen LogP contribution in [0.4, 0.5) is 0 Å². The molecule has 2 nitrogen and oxygen atoms in total. The molecule has 2 bridgehead atoms. The smallest absolute Gasteiger partial charge is 0.122 e. The van der Waals surface area contributed by atoms with Gasteiger partial charge in [-0.2, -0.15) is 0 Å². The third-order valence-corrected chi connectivity index (χ3v) is 4.05. The Morgan fingerprint density at radius 3 is 2.50 bits per heavy atom. The predicted octanol–water partition coefficient (Wildman–Crippen LogP) is 2.69. The Kier molecular flexibility index (Phi) is 2.60. The summed E-state index contributed by atoms with van der Waals surface area (Å²) in [7, 11) is 1.77. The van der Waals surface area contributed by atoms with Crippen LogP contribution in [0.3, 0.4) is 0 Å². The molecule has 0 amide bonds. The zero-order chi connectivity index (χ0) is 11.0. The molecule has 2 heterocycles. The first-order valence-electron chi connectivity index (χ1n) is 6.26. The van der Waals surface area contributed by atoms with E-state index in [0.29, 0.717) is 5.92 Å². The van der Waals surface area contributed by atoms with Crippen LogP contribution in [0.1, 0.15) is 37.2 Å². The van der Waals surface area contributed by atoms with Gasteiger partial charge in [-0.05, 0) is 43.2 Å². The molecule has 3 rings (SSSR count). The van der Waals surface area contributed by atoms with Gasteiger partial charge in [0.1, 0.15) is 5.75 Å². The summed E-state index contributed by atoms with van der Waals surface area (Å²) in [5.41, 5.74) is 1.41. The lowest BCUT2D eigenvalue weighted by Crippen LogP contribution is -2.37. The Morgan fingerprint density at radius 2 is 1.81 bits per heavy atom. The fourth-order valence-corrected chi connectivity index (χ4v) is 3.31. The van der Waals surface area contributed by atoms with E-state index in [0.717, 1.165) is 17.8 Å². The number of rotatable bonds is 2. The Hall–Kier alpha value is -1.02. The van der Waals surface area contributed by atoms with E-state index in [2.05, 4.69) is 29.6 Å². The van der Waals surface area contributed by atoms with Gasteiger partial charge in [0, 0.05) is 12.1 Å². The average Bonchev–Trinajstić information content (AvgIpc) is 2.68. The molecule has 2 aliphatic heterocycles. The summed E-state index contributed by atoms with van der Waals surface area (Å²) < 4.78 is 5.47. The maximum absolute atomic E-state index is 5.47. The molecule has 1 N–H and O–H groups in total. The van der Waals surface area contributed by atoms with Crippen molar-refractivity contribution in [3.63, 3.8) is 0 Å². The third-order valence-electron chi connectivity index (χ3n) is 4.05. The molecule has 0 saturated carbocycles. The minimum Gasteiger partial charge on any atom is -0.496 e. The van der Waals surface area contributed by atoms with Gasteiger partial charge >= 0.3 is 0 Å². The molecule has 2 saturated heterocycles. The van der Waals surface area contributed by atoms with E-state index < -0.39 is 0 Å². The molecule has 1 aromatic carbocycles. The number of hydrogen-bond donors (Lipinski definition) is 1. The van der Waals surface area contributed by atoms with Gasteiger partial charge in [0.25, 0.3) is 0 Å². The summed E-state index contributed by atoms with van der Waals surface area (Å²) in [6, 6.07) is 9.98. The van der Waals surface area contributed by atoms with E-state index in [1.807, 2.05) is 0 Å². The topological polar surface area (TPSA) is 21.3 Å². The fraction of sp³-hybridized carbons (Fsp3) is 0.571. The van der Waals surface area contributed by atoms with Gasteiger partial charge in [-0.15, -0.1) is 0 Å². The van der Waals surface area contributed by atoms with Crippen molar-refractivity contribution in [2.75, 3.05) is 7.11 Å². The largest absolute Gasteiger partial charge is 0.496 e. The van der Waals surface area contributed by atoms with Crippen molar-refractivity contribution in [3.05, 3.63) is 29.8 Å². The van der Waals surface area contributed by atoms with Crippen LogP contribution in [0, 0.1) is 0 Å². The number of fused-ring (bicyclic) bond motifs is 2. The van der Waals surface area contributed by atoms with Gasteiger partial charge in [-0.25, -0.2) is 0 Å². The first kappa shape index (κ1) is 10.2. The first-order chi connectivity index (χ1) is 7.86. The van der Waals surface area contributed by atoms with Crippen LogP contribution in [0.5, 0.6) is 5.75 Å². The molecule has 0 spiro atoms. The van der Waals surface area contributed by atoms with Gasteiger partial charge in [0.05, 0.1) is 7.11 Å². The quantitative estimate of drug-likeness (QED) is 0.822. The Bertz CT molecular complexity index is 365. The molecule has 1 unspecified atom stereocenters. The van der Waals surface area contributed by atoms with Gasteiger partial charge in [-0.3, -0.25) is 0 Å². The summed E-state index contributed by atoms with van der Waals surface area (Å²) in [5, 5.41) is 3.69. The number of ether oxygens (including phenoxy) is 1. The highest BCUT2D eigenvalue weighted by atomic mass is 16.5. The van der Waals surface area contributed by atoms with Crippen molar-refractivity contribution < 1.29 is 4.74 Å². The van der Waals surface area contributed by atoms with Crippen molar-refractivity contribution in [2.24, 2.45) is 0 Å². The van der Waals surface area contributed by atoms with Gasteiger partial charge in [-0.1, -0.05) is 18.2 Å². The number of para-hydroxylation sites is 1. The molecule has 1 aromatic rings. The second kappa shape index (κ2) is 4.10. The molecule has 2 heteroatoms. The minimum atomic E-state index is 0.690. The summed E-state index contributed by atoms with van der Waals surface area (Å²) in [6.07, 6.45) is 5.26. The summed E-state index contributed by atoms with van der Waals surface area (Å²) >= 11 is 0. The molecular weight excluding hydrogens is 198 g/mol. The molecule has 86 valence electrons. The lowest BCUT2D eigenvalue weighted by molar-refractivity contribution is 0.348. The zero-order valence-corrected chi connectivity index (χ0v) is 9.78. The van der Waals surface area contributed by atoms with Crippen LogP contribution in [-0.4, -0.2) is 19.2 Å². The normalized spacial score (nSPS) is 32.7. The predicted molar refractivity (Wildman–Crippen MR) is 64.9 cm³/mol. The number of benzene rings is 1. The zero-order valence-electron chi connectivity index (χ0n) is 9.78. The van der Waals surface area contributed by atoms with Crippen LogP contribution in [0.2, 0.25) is 0 Å². The maximum Gasteiger partial charge on any atom is 0.122 e. The highest BCUT2D eigenvalue weighted by Gasteiger charge is 2.34. The van der Waals surface area contributed by atoms with E-state index in [1.54, 1.807) is 7.11 Å². The molecule has 2 aliphatic rings. The highest BCUT2D eigenvalue weighted by Crippen LogP contribution is 2.40. The first-order valence-corrected chi connectivity index (χ1v) is 6.26. The van der Waals surface area contributed by atoms with E-state index in [-0.39, 0.29) is 0 Å². The number of nitrogens with one attached hydrogen (secondary N) is 1. The number of methoxy groups -OCH3 is 1. The van der Waals surface area contributed by atoms with E-state index in [1.165, 1.54) is 31.2 Å². The Morgan fingerprint density at radius 1 is 1.12 bits per heavy atom. The van der Waals surface area contributed by atoms with Crippen LogP contribution in [0.25, 0.3) is 0 Å². The Balaban J connectivity index is 1.86. The maximum atomic E-state index is 5.47. The van der Waals surface area contributed by atoms with E-state index in [4.69, 9.17) is 4.74 Å². The van der Waals surface area contributed by atoms with Gasteiger partial charge in [0.2, 0.25) is 0 Å². The van der Waals surface area contributed by atoms with Crippen LogP contribution >= 0.6 is 0 Å². The van der Waals surface area contributed by atoms with Gasteiger partial charge in [0.15, 0.2) is 0 Å². The second-order valence-corrected chi connectivity index (χ2v) is 5.05. The highest BCUT2D eigenvalue weighted by molar-refractivity contribution is 5.37. The van der Waals surface area contributed by atoms with E-state index in [9.17, 15) is 0 Å². The average molecular weight is 217 g/mol. The third kappa shape index (κ3) is 1.71. The fourth-order valence-electron chi connectivity index (χ4n) is 3.31. The molecular formula is C14H19NO. The minimum absolute atomic E-state index is 0.690. The monoisotopic (exact) mass is 217 g/mol. The molecule has 16 heavy (non-hydrogen) atoms. The van der Waals surface area contributed by atoms with Crippen LogP contribution in [-0.2, 0) is 0 Å². The van der Waals surface area contributed by atoms with Crippen molar-refractivity contribution in [1.29, 1.82) is 0 Å². The van der Waals surface area contributed by atoms with Crippen LogP contribution in [0.15, 0.2) is 24.3 Å². The van der Waals surface area contributed by atoms with E-state index >= 15 is 0 Å². The molecule has 3 atom stereocenters. The van der Waals surface area contributed by atoms with Crippen LogP contribution < -0.4 is 10.1 Å². The summed E-state index contributed by atoms with van der Waals surface area (Å²) in [5.74, 6) is 1.75.